The summed E-state index contributed by atoms with van der Waals surface area (Å²) in [5.74, 6) is -1.03. The van der Waals surface area contributed by atoms with Crippen LogP contribution in [0.1, 0.15) is 23.4 Å². The van der Waals surface area contributed by atoms with Gasteiger partial charge >= 0.3 is 5.97 Å². The number of benzene rings is 1. The van der Waals surface area contributed by atoms with Crippen LogP contribution in [-0.4, -0.2) is 22.2 Å². The summed E-state index contributed by atoms with van der Waals surface area (Å²) < 4.78 is 6.29. The van der Waals surface area contributed by atoms with E-state index < -0.39 is 18.0 Å². The second-order valence-electron chi connectivity index (χ2n) is 4.40. The van der Waals surface area contributed by atoms with Crippen molar-refractivity contribution in [2.75, 3.05) is 0 Å². The summed E-state index contributed by atoms with van der Waals surface area (Å²) >= 11 is 5.46. The maximum atomic E-state index is 11.6. The van der Waals surface area contributed by atoms with Gasteiger partial charge in [0.25, 0.3) is 0 Å². The average molecular weight is 309 g/mol. The molecule has 20 heavy (non-hydrogen) atoms. The lowest BCUT2D eigenvalue weighted by Crippen LogP contribution is -2.28. The molecular weight excluding hydrogens is 294 g/mol. The van der Waals surface area contributed by atoms with Crippen LogP contribution in [0.2, 0.25) is 0 Å². The molecule has 0 spiro atoms. The molecule has 0 saturated carbocycles. The van der Waals surface area contributed by atoms with Crippen molar-refractivity contribution in [1.29, 1.82) is 0 Å². The van der Waals surface area contributed by atoms with E-state index in [-0.39, 0.29) is 0 Å². The van der Waals surface area contributed by atoms with E-state index >= 15 is 0 Å². The highest BCUT2D eigenvalue weighted by molar-refractivity contribution is 7.82. The van der Waals surface area contributed by atoms with Gasteiger partial charge in [0, 0.05) is 4.88 Å². The molecule has 0 aliphatic carbocycles. The number of aromatic nitrogens is 1. The summed E-state index contributed by atoms with van der Waals surface area (Å²) in [6, 6.07) is 9.19. The topological polar surface area (TPSA) is 59.4 Å². The number of rotatable bonds is 5. The van der Waals surface area contributed by atoms with Crippen molar-refractivity contribution in [2.45, 2.75) is 30.2 Å². The van der Waals surface area contributed by atoms with Gasteiger partial charge in [-0.1, -0.05) is 18.2 Å². The van der Waals surface area contributed by atoms with E-state index in [0.717, 1.165) is 0 Å². The number of aliphatic carboxylic acids is 1. The molecule has 1 N–H and O–H groups in total. The number of carbonyl (C=O) groups is 1. The SMILES string of the molecule is Cc1nc(S)sc1C(C(=O)O)C(C)Oc1ccccc1. The van der Waals surface area contributed by atoms with Gasteiger partial charge in [0.1, 0.15) is 22.1 Å². The fourth-order valence-electron chi connectivity index (χ4n) is 1.99. The summed E-state index contributed by atoms with van der Waals surface area (Å²) in [5, 5.41) is 9.48. The number of thiazole rings is 1. The van der Waals surface area contributed by atoms with Gasteiger partial charge in [-0.25, -0.2) is 4.98 Å². The van der Waals surface area contributed by atoms with Crippen molar-refractivity contribution in [2.24, 2.45) is 0 Å². The summed E-state index contributed by atoms with van der Waals surface area (Å²) in [7, 11) is 0. The number of para-hydroxylation sites is 1. The van der Waals surface area contributed by atoms with E-state index in [1.54, 1.807) is 26.0 Å². The molecule has 1 aromatic heterocycles. The molecule has 2 aromatic rings. The Morgan fingerprint density at radius 2 is 2.05 bits per heavy atom. The lowest BCUT2D eigenvalue weighted by atomic mass is 10.0. The van der Waals surface area contributed by atoms with Crippen LogP contribution in [-0.2, 0) is 4.79 Å². The third-order valence-corrected chi connectivity index (χ3v) is 4.32. The predicted octanol–water partition coefficient (Wildman–Crippen LogP) is 3.38. The first-order valence-electron chi connectivity index (χ1n) is 6.10. The molecule has 0 aliphatic rings. The molecule has 1 heterocycles. The zero-order chi connectivity index (χ0) is 14.7. The second-order valence-corrected chi connectivity index (χ2v) is 6.15. The Balaban J connectivity index is 2.25. The Kier molecular flexibility index (Phi) is 4.67. The number of ether oxygens (including phenoxy) is 1. The van der Waals surface area contributed by atoms with Gasteiger partial charge in [-0.2, -0.15) is 0 Å². The van der Waals surface area contributed by atoms with E-state index in [9.17, 15) is 9.90 Å². The van der Waals surface area contributed by atoms with Crippen LogP contribution in [0.25, 0.3) is 0 Å². The molecule has 0 saturated heterocycles. The minimum Gasteiger partial charge on any atom is -0.489 e. The average Bonchev–Trinajstić information content (AvgIpc) is 2.69. The van der Waals surface area contributed by atoms with Gasteiger partial charge in [-0.3, -0.25) is 4.79 Å². The van der Waals surface area contributed by atoms with Crippen molar-refractivity contribution in [3.63, 3.8) is 0 Å². The van der Waals surface area contributed by atoms with Crippen LogP contribution in [0.3, 0.4) is 0 Å². The van der Waals surface area contributed by atoms with Crippen LogP contribution in [0, 0.1) is 6.92 Å². The third kappa shape index (κ3) is 3.32. The van der Waals surface area contributed by atoms with E-state index in [1.165, 1.54) is 11.3 Å². The number of carboxylic acids is 1. The van der Waals surface area contributed by atoms with Gasteiger partial charge in [-0.15, -0.1) is 24.0 Å². The number of hydrogen-bond acceptors (Lipinski definition) is 5. The highest BCUT2D eigenvalue weighted by Gasteiger charge is 2.32. The first-order chi connectivity index (χ1) is 9.49. The van der Waals surface area contributed by atoms with Crippen LogP contribution < -0.4 is 4.74 Å². The second kappa shape index (κ2) is 6.28. The molecule has 6 heteroatoms. The molecule has 2 unspecified atom stereocenters. The summed E-state index contributed by atoms with van der Waals surface area (Å²) in [6.45, 7) is 3.54. The quantitative estimate of drug-likeness (QED) is 0.831. The van der Waals surface area contributed by atoms with E-state index in [0.29, 0.717) is 20.7 Å². The van der Waals surface area contributed by atoms with Crippen molar-refractivity contribution in [3.05, 3.63) is 40.9 Å². The molecule has 1 aromatic carbocycles. The van der Waals surface area contributed by atoms with Gasteiger partial charge in [0.05, 0.1) is 5.69 Å². The molecule has 0 amide bonds. The lowest BCUT2D eigenvalue weighted by Gasteiger charge is -2.21. The standard InChI is InChI=1S/C14H15NO3S2/c1-8-12(20-14(19)15-8)11(13(16)17)9(2)18-10-6-4-3-5-7-10/h3-7,9,11H,1-2H3,(H,15,19)(H,16,17). The lowest BCUT2D eigenvalue weighted by molar-refractivity contribution is -0.140. The molecule has 2 rings (SSSR count). The summed E-state index contributed by atoms with van der Waals surface area (Å²) in [6.07, 6.45) is -0.498. The first-order valence-corrected chi connectivity index (χ1v) is 7.36. The van der Waals surface area contributed by atoms with Gasteiger partial charge in [0.2, 0.25) is 0 Å². The molecule has 0 bridgehead atoms. The Hall–Kier alpha value is -1.53. The Morgan fingerprint density at radius 3 is 2.55 bits per heavy atom. The highest BCUT2D eigenvalue weighted by Crippen LogP contribution is 2.32. The van der Waals surface area contributed by atoms with Crippen molar-refractivity contribution in [1.82, 2.24) is 4.98 Å². The molecule has 0 fully saturated rings. The largest absolute Gasteiger partial charge is 0.489 e. The smallest absolute Gasteiger partial charge is 0.315 e. The molecule has 4 nitrogen and oxygen atoms in total. The monoisotopic (exact) mass is 309 g/mol. The van der Waals surface area contributed by atoms with Gasteiger partial charge in [-0.05, 0) is 26.0 Å². The maximum absolute atomic E-state index is 11.6. The van der Waals surface area contributed by atoms with Crippen LogP contribution in [0.5, 0.6) is 5.75 Å². The zero-order valence-electron chi connectivity index (χ0n) is 11.1. The maximum Gasteiger partial charge on any atom is 0.315 e. The van der Waals surface area contributed by atoms with Crippen LogP contribution >= 0.6 is 24.0 Å². The minimum atomic E-state index is -0.923. The van der Waals surface area contributed by atoms with E-state index in [1.807, 2.05) is 18.2 Å². The van der Waals surface area contributed by atoms with Crippen LogP contribution in [0.15, 0.2) is 34.7 Å². The van der Waals surface area contributed by atoms with Crippen molar-refractivity contribution >= 4 is 29.9 Å². The number of thiol groups is 1. The first kappa shape index (κ1) is 14.9. The Labute approximate surface area is 126 Å². The predicted molar refractivity (Wildman–Crippen MR) is 81.0 cm³/mol. The Morgan fingerprint density at radius 1 is 1.40 bits per heavy atom. The molecule has 0 aliphatic heterocycles. The molecular formula is C14H15NO3S2. The molecule has 106 valence electrons. The van der Waals surface area contributed by atoms with E-state index in [2.05, 4.69) is 17.6 Å². The van der Waals surface area contributed by atoms with Gasteiger partial charge in [0.15, 0.2) is 0 Å². The number of carboxylic acid groups (broad SMARTS) is 1. The normalized spacial score (nSPS) is 13.8. The highest BCUT2D eigenvalue weighted by atomic mass is 32.2. The zero-order valence-corrected chi connectivity index (χ0v) is 12.8. The molecule has 2 atom stereocenters. The summed E-state index contributed by atoms with van der Waals surface area (Å²) in [5.41, 5.74) is 0.691. The fourth-order valence-corrected chi connectivity index (χ4v) is 3.43. The van der Waals surface area contributed by atoms with Gasteiger partial charge < -0.3 is 9.84 Å². The fraction of sp³-hybridized carbons (Fsp3) is 0.286. The van der Waals surface area contributed by atoms with Crippen molar-refractivity contribution in [3.8, 4) is 5.75 Å². The minimum absolute atomic E-state index is 0.498. The van der Waals surface area contributed by atoms with Crippen molar-refractivity contribution < 1.29 is 14.6 Å². The molecule has 0 radical (unpaired) electrons. The Bertz CT molecular complexity index is 598. The van der Waals surface area contributed by atoms with Crippen LogP contribution in [0.4, 0.5) is 0 Å². The summed E-state index contributed by atoms with van der Waals surface area (Å²) in [4.78, 5) is 16.4. The number of aryl methyl sites for hydroxylation is 1. The van der Waals surface area contributed by atoms with E-state index in [4.69, 9.17) is 4.74 Å². The number of hydrogen-bond donors (Lipinski definition) is 2. The third-order valence-electron chi connectivity index (χ3n) is 2.90. The number of nitrogens with zero attached hydrogens (tertiary/aromatic N) is 1.